The Morgan fingerprint density at radius 3 is 1.56 bits per heavy atom. The van der Waals surface area contributed by atoms with Crippen LogP contribution in [0.1, 0.15) is 27.8 Å². The molecule has 0 aliphatic heterocycles. The van der Waals surface area contributed by atoms with Crippen molar-refractivity contribution in [1.82, 2.24) is 4.57 Å². The van der Waals surface area contributed by atoms with Gasteiger partial charge in [0.15, 0.2) is 0 Å². The van der Waals surface area contributed by atoms with Crippen molar-refractivity contribution in [3.63, 3.8) is 0 Å². The van der Waals surface area contributed by atoms with E-state index in [2.05, 4.69) is 144 Å². The number of benzene rings is 5. The molecule has 1 aromatic heterocycles. The van der Waals surface area contributed by atoms with Crippen LogP contribution in [0.4, 0.5) is 0 Å². The van der Waals surface area contributed by atoms with Crippen molar-refractivity contribution in [1.29, 1.82) is 0 Å². The van der Waals surface area contributed by atoms with Crippen LogP contribution in [0.25, 0.3) is 22.2 Å². The molecule has 6 rings (SSSR count). The Morgan fingerprint density at radius 2 is 0.917 bits per heavy atom. The third kappa shape index (κ3) is 4.61. The average molecular weight is 464 g/mol. The van der Waals surface area contributed by atoms with Crippen LogP contribution in [-0.2, 0) is 19.4 Å². The summed E-state index contributed by atoms with van der Waals surface area (Å²) in [6, 6.07) is 50.4. The zero-order valence-corrected chi connectivity index (χ0v) is 20.3. The molecule has 1 heteroatoms. The smallest absolute Gasteiger partial charge is 0.0530 e. The molecule has 0 spiro atoms. The topological polar surface area (TPSA) is 4.93 Å². The van der Waals surface area contributed by atoms with Gasteiger partial charge in [0.05, 0.1) is 5.69 Å². The molecule has 0 N–H and O–H groups in total. The monoisotopic (exact) mass is 463 g/mol. The number of aromatic nitrogens is 1. The van der Waals surface area contributed by atoms with Crippen molar-refractivity contribution in [3.05, 3.63) is 167 Å². The van der Waals surface area contributed by atoms with E-state index in [1.165, 1.54) is 50.0 Å². The summed E-state index contributed by atoms with van der Waals surface area (Å²) in [7, 11) is 0. The van der Waals surface area contributed by atoms with Gasteiger partial charge in [0, 0.05) is 23.9 Å². The summed E-state index contributed by atoms with van der Waals surface area (Å²) in [6.07, 6.45) is 1.86. The molecule has 1 heterocycles. The molecule has 0 unspecified atom stereocenters. The number of hydrogen-bond acceptors (Lipinski definition) is 0. The van der Waals surface area contributed by atoms with Crippen LogP contribution in [0, 0.1) is 0 Å². The predicted molar refractivity (Wildman–Crippen MR) is 151 cm³/mol. The maximum atomic E-state index is 2.51. The summed E-state index contributed by atoms with van der Waals surface area (Å²) in [4.78, 5) is 0. The first-order chi connectivity index (χ1) is 17.8. The fourth-order valence-corrected chi connectivity index (χ4v) is 5.23. The minimum Gasteiger partial charge on any atom is -0.336 e. The van der Waals surface area contributed by atoms with E-state index in [0.29, 0.717) is 0 Å². The molecule has 1 nitrogen and oxygen atoms in total. The van der Waals surface area contributed by atoms with Gasteiger partial charge in [0.25, 0.3) is 0 Å². The van der Waals surface area contributed by atoms with E-state index >= 15 is 0 Å². The molecule has 0 bridgehead atoms. The van der Waals surface area contributed by atoms with Crippen LogP contribution in [0.3, 0.4) is 0 Å². The third-order valence-electron chi connectivity index (χ3n) is 6.96. The first-order valence-corrected chi connectivity index (χ1v) is 12.7. The minimum atomic E-state index is 0.844. The summed E-state index contributed by atoms with van der Waals surface area (Å²) in [6.45, 7) is 0.844. The van der Waals surface area contributed by atoms with Crippen molar-refractivity contribution >= 4 is 10.9 Å². The van der Waals surface area contributed by atoms with Crippen LogP contribution < -0.4 is 0 Å². The predicted octanol–water partition coefficient (Wildman–Crippen LogP) is 8.54. The first kappa shape index (κ1) is 22.1. The fourth-order valence-electron chi connectivity index (χ4n) is 5.23. The standard InChI is InChI=1S/C35H29N/c1-4-12-27(13-5-1)24-29-20-22-31(23-21-29)35-33(25-28-14-6-2-7-15-28)32-18-10-11-19-34(32)36(35)26-30-16-8-3-9-17-30/h1-23H,24-26H2. The Hall–Kier alpha value is -4.36. The van der Waals surface area contributed by atoms with Gasteiger partial charge in [-0.2, -0.15) is 0 Å². The molecule has 5 aromatic carbocycles. The Labute approximate surface area is 213 Å². The molecule has 0 atom stereocenters. The van der Waals surface area contributed by atoms with Gasteiger partial charge in [-0.25, -0.2) is 0 Å². The van der Waals surface area contributed by atoms with Crippen molar-refractivity contribution in [3.8, 4) is 11.3 Å². The molecule has 0 radical (unpaired) electrons. The van der Waals surface area contributed by atoms with Crippen LogP contribution >= 0.6 is 0 Å². The van der Waals surface area contributed by atoms with E-state index in [9.17, 15) is 0 Å². The van der Waals surface area contributed by atoms with Gasteiger partial charge in [0.1, 0.15) is 0 Å². The lowest BCUT2D eigenvalue weighted by atomic mass is 9.97. The van der Waals surface area contributed by atoms with Gasteiger partial charge in [0.2, 0.25) is 0 Å². The zero-order chi connectivity index (χ0) is 24.2. The van der Waals surface area contributed by atoms with Crippen LogP contribution in [0.5, 0.6) is 0 Å². The molecule has 36 heavy (non-hydrogen) atoms. The Balaban J connectivity index is 1.48. The molecule has 0 fully saturated rings. The Morgan fingerprint density at radius 1 is 0.417 bits per heavy atom. The van der Waals surface area contributed by atoms with Crippen LogP contribution in [0.15, 0.2) is 140 Å². The van der Waals surface area contributed by atoms with Gasteiger partial charge < -0.3 is 4.57 Å². The molecule has 0 saturated heterocycles. The van der Waals surface area contributed by atoms with Crippen molar-refractivity contribution in [2.24, 2.45) is 0 Å². The molecule has 0 saturated carbocycles. The van der Waals surface area contributed by atoms with Crippen LogP contribution in [-0.4, -0.2) is 4.57 Å². The second-order valence-corrected chi connectivity index (χ2v) is 9.44. The largest absolute Gasteiger partial charge is 0.336 e. The highest BCUT2D eigenvalue weighted by molar-refractivity contribution is 5.92. The van der Waals surface area contributed by atoms with E-state index in [0.717, 1.165) is 19.4 Å². The number of rotatable bonds is 7. The Bertz CT molecular complexity index is 1480. The molecular formula is C35H29N. The molecule has 6 aromatic rings. The summed E-state index contributed by atoms with van der Waals surface area (Å²) in [5.74, 6) is 0. The number of fused-ring (bicyclic) bond motifs is 1. The molecule has 174 valence electrons. The summed E-state index contributed by atoms with van der Waals surface area (Å²) in [5.41, 5.74) is 10.6. The number of hydrogen-bond donors (Lipinski definition) is 0. The highest BCUT2D eigenvalue weighted by Gasteiger charge is 2.19. The van der Waals surface area contributed by atoms with E-state index in [1.807, 2.05) is 0 Å². The van der Waals surface area contributed by atoms with Crippen molar-refractivity contribution in [2.75, 3.05) is 0 Å². The first-order valence-electron chi connectivity index (χ1n) is 12.7. The van der Waals surface area contributed by atoms with Crippen molar-refractivity contribution in [2.45, 2.75) is 19.4 Å². The zero-order valence-electron chi connectivity index (χ0n) is 20.3. The lowest BCUT2D eigenvalue weighted by Gasteiger charge is -2.14. The quantitative estimate of drug-likeness (QED) is 0.223. The van der Waals surface area contributed by atoms with E-state index in [4.69, 9.17) is 0 Å². The summed E-state index contributed by atoms with van der Waals surface area (Å²) in [5, 5.41) is 1.33. The lowest BCUT2D eigenvalue weighted by molar-refractivity contribution is 0.840. The maximum absolute atomic E-state index is 2.51. The lowest BCUT2D eigenvalue weighted by Crippen LogP contribution is -2.03. The number of nitrogens with zero attached hydrogens (tertiary/aromatic N) is 1. The average Bonchev–Trinajstić information content (AvgIpc) is 3.24. The Kier molecular flexibility index (Phi) is 6.20. The highest BCUT2D eigenvalue weighted by atomic mass is 15.0. The van der Waals surface area contributed by atoms with E-state index < -0.39 is 0 Å². The molecule has 0 aliphatic carbocycles. The van der Waals surface area contributed by atoms with Gasteiger partial charge in [-0.1, -0.05) is 133 Å². The molecular weight excluding hydrogens is 434 g/mol. The maximum Gasteiger partial charge on any atom is 0.0530 e. The second kappa shape index (κ2) is 10.1. The van der Waals surface area contributed by atoms with Crippen molar-refractivity contribution < 1.29 is 0 Å². The highest BCUT2D eigenvalue weighted by Crippen LogP contribution is 2.36. The normalized spacial score (nSPS) is 11.1. The van der Waals surface area contributed by atoms with E-state index in [1.54, 1.807) is 0 Å². The van der Waals surface area contributed by atoms with E-state index in [-0.39, 0.29) is 0 Å². The summed E-state index contributed by atoms with van der Waals surface area (Å²) < 4.78 is 2.51. The molecule has 0 amide bonds. The SMILES string of the molecule is c1ccc(Cc2ccc(-c3c(Cc4ccccc4)c4ccccc4n3Cc3ccccc3)cc2)cc1. The second-order valence-electron chi connectivity index (χ2n) is 9.44. The van der Waals surface area contributed by atoms with Gasteiger partial charge >= 0.3 is 0 Å². The number of para-hydroxylation sites is 1. The molecule has 0 aliphatic rings. The van der Waals surface area contributed by atoms with Gasteiger partial charge in [-0.3, -0.25) is 0 Å². The minimum absolute atomic E-state index is 0.844. The van der Waals surface area contributed by atoms with Gasteiger partial charge in [-0.15, -0.1) is 0 Å². The third-order valence-corrected chi connectivity index (χ3v) is 6.96. The van der Waals surface area contributed by atoms with Crippen LogP contribution in [0.2, 0.25) is 0 Å². The van der Waals surface area contributed by atoms with Gasteiger partial charge in [-0.05, 0) is 45.9 Å². The fraction of sp³-hybridized carbons (Fsp3) is 0.0857. The summed E-state index contributed by atoms with van der Waals surface area (Å²) >= 11 is 0.